The van der Waals surface area contributed by atoms with Crippen molar-refractivity contribution in [3.05, 3.63) is 89.6 Å². The summed E-state index contributed by atoms with van der Waals surface area (Å²) < 4.78 is 38.4. The molecule has 1 aromatic heterocycles. The van der Waals surface area contributed by atoms with E-state index >= 15 is 0 Å². The topological polar surface area (TPSA) is 54.0 Å². The number of anilines is 2. The zero-order valence-corrected chi connectivity index (χ0v) is 14.1. The van der Waals surface area contributed by atoms with E-state index in [-0.39, 0.29) is 17.4 Å². The van der Waals surface area contributed by atoms with Crippen LogP contribution in [0.2, 0.25) is 0 Å². The van der Waals surface area contributed by atoms with E-state index in [2.05, 4.69) is 15.6 Å². The van der Waals surface area contributed by atoms with Gasteiger partial charge in [0.15, 0.2) is 0 Å². The standard InChI is InChI=1S/C20H16F3N3O/c21-20(22,23)16-7-4-8-17(12-16)26-18-11-15(9-10-24-18)19(27)25-13-14-5-2-1-3-6-14/h1-12H,13H2,(H,24,26)(H,25,27). The molecule has 2 N–H and O–H groups in total. The maximum Gasteiger partial charge on any atom is 0.416 e. The highest BCUT2D eigenvalue weighted by atomic mass is 19.4. The number of carbonyl (C=O) groups is 1. The van der Waals surface area contributed by atoms with Crippen molar-refractivity contribution in [1.29, 1.82) is 0 Å². The molecule has 3 aromatic rings. The zero-order chi connectivity index (χ0) is 19.3. The fraction of sp³-hybridized carbons (Fsp3) is 0.100. The molecule has 0 aliphatic heterocycles. The van der Waals surface area contributed by atoms with Gasteiger partial charge in [-0.05, 0) is 35.9 Å². The van der Waals surface area contributed by atoms with Crippen LogP contribution in [0.1, 0.15) is 21.5 Å². The Bertz CT molecular complexity index is 927. The van der Waals surface area contributed by atoms with Crippen LogP contribution in [0, 0.1) is 0 Å². The Kier molecular flexibility index (Phi) is 5.40. The van der Waals surface area contributed by atoms with Gasteiger partial charge < -0.3 is 10.6 Å². The van der Waals surface area contributed by atoms with Gasteiger partial charge in [-0.1, -0.05) is 36.4 Å². The molecule has 1 amide bonds. The average molecular weight is 371 g/mol. The molecule has 7 heteroatoms. The van der Waals surface area contributed by atoms with Crippen LogP contribution in [-0.2, 0) is 12.7 Å². The summed E-state index contributed by atoms with van der Waals surface area (Å²) in [5.41, 5.74) is 0.793. The Hall–Kier alpha value is -3.35. The highest BCUT2D eigenvalue weighted by molar-refractivity contribution is 5.94. The monoisotopic (exact) mass is 371 g/mol. The SMILES string of the molecule is O=C(NCc1ccccc1)c1ccnc(Nc2cccc(C(F)(F)F)c2)c1. The fourth-order valence-corrected chi connectivity index (χ4v) is 2.44. The van der Waals surface area contributed by atoms with Crippen LogP contribution in [0.3, 0.4) is 0 Å². The van der Waals surface area contributed by atoms with Crippen LogP contribution in [0.25, 0.3) is 0 Å². The van der Waals surface area contributed by atoms with E-state index in [1.807, 2.05) is 30.3 Å². The lowest BCUT2D eigenvalue weighted by Crippen LogP contribution is -2.22. The molecular formula is C20H16F3N3O. The maximum atomic E-state index is 12.8. The number of pyridine rings is 1. The van der Waals surface area contributed by atoms with Gasteiger partial charge in [0.05, 0.1) is 5.56 Å². The molecule has 0 radical (unpaired) electrons. The molecule has 0 atom stereocenters. The Morgan fingerprint density at radius 1 is 0.963 bits per heavy atom. The van der Waals surface area contributed by atoms with Gasteiger partial charge in [-0.15, -0.1) is 0 Å². The molecule has 0 fully saturated rings. The Balaban J connectivity index is 1.69. The second kappa shape index (κ2) is 7.90. The Labute approximate surface area is 154 Å². The summed E-state index contributed by atoms with van der Waals surface area (Å²) in [6.45, 7) is 0.373. The number of nitrogens with one attached hydrogen (secondary N) is 2. The normalized spacial score (nSPS) is 11.1. The highest BCUT2D eigenvalue weighted by Gasteiger charge is 2.30. The first-order valence-electron chi connectivity index (χ1n) is 8.14. The van der Waals surface area contributed by atoms with Crippen molar-refractivity contribution in [1.82, 2.24) is 10.3 Å². The van der Waals surface area contributed by atoms with E-state index < -0.39 is 11.7 Å². The van der Waals surface area contributed by atoms with Crippen LogP contribution >= 0.6 is 0 Å². The minimum atomic E-state index is -4.43. The predicted octanol–water partition coefficient (Wildman–Crippen LogP) is 4.77. The maximum absolute atomic E-state index is 12.8. The lowest BCUT2D eigenvalue weighted by molar-refractivity contribution is -0.137. The molecule has 4 nitrogen and oxygen atoms in total. The molecule has 0 saturated heterocycles. The molecule has 0 aliphatic carbocycles. The number of aromatic nitrogens is 1. The molecule has 27 heavy (non-hydrogen) atoms. The number of rotatable bonds is 5. The summed E-state index contributed by atoms with van der Waals surface area (Å²) in [7, 11) is 0. The van der Waals surface area contributed by atoms with Crippen molar-refractivity contribution in [2.24, 2.45) is 0 Å². The van der Waals surface area contributed by atoms with E-state index in [0.717, 1.165) is 17.7 Å². The van der Waals surface area contributed by atoms with E-state index in [0.29, 0.717) is 12.1 Å². The minimum absolute atomic E-state index is 0.235. The first-order valence-corrected chi connectivity index (χ1v) is 8.14. The van der Waals surface area contributed by atoms with Crippen molar-refractivity contribution in [3.8, 4) is 0 Å². The van der Waals surface area contributed by atoms with Crippen LogP contribution in [-0.4, -0.2) is 10.9 Å². The third-order valence-corrected chi connectivity index (χ3v) is 3.78. The van der Waals surface area contributed by atoms with Crippen molar-refractivity contribution < 1.29 is 18.0 Å². The molecule has 138 valence electrons. The van der Waals surface area contributed by atoms with Gasteiger partial charge in [0, 0.05) is 24.0 Å². The molecule has 0 unspecified atom stereocenters. The van der Waals surface area contributed by atoms with Gasteiger partial charge in [0.25, 0.3) is 5.91 Å². The van der Waals surface area contributed by atoms with Crippen LogP contribution in [0.15, 0.2) is 72.9 Å². The number of halogens is 3. The largest absolute Gasteiger partial charge is 0.416 e. The van der Waals surface area contributed by atoms with Gasteiger partial charge in [-0.3, -0.25) is 4.79 Å². The number of alkyl halides is 3. The summed E-state index contributed by atoms with van der Waals surface area (Å²) in [6.07, 6.45) is -3.00. The van der Waals surface area contributed by atoms with Gasteiger partial charge in [0.2, 0.25) is 0 Å². The third kappa shape index (κ3) is 5.07. The van der Waals surface area contributed by atoms with E-state index in [4.69, 9.17) is 0 Å². The molecule has 0 saturated carbocycles. The van der Waals surface area contributed by atoms with E-state index in [9.17, 15) is 18.0 Å². The smallest absolute Gasteiger partial charge is 0.348 e. The minimum Gasteiger partial charge on any atom is -0.348 e. The van der Waals surface area contributed by atoms with Gasteiger partial charge in [0.1, 0.15) is 5.82 Å². The molecule has 0 aliphatic rings. The van der Waals surface area contributed by atoms with Crippen molar-refractivity contribution >= 4 is 17.4 Å². The van der Waals surface area contributed by atoms with E-state index in [1.165, 1.54) is 30.5 Å². The highest BCUT2D eigenvalue weighted by Crippen LogP contribution is 2.31. The first-order chi connectivity index (χ1) is 12.9. The third-order valence-electron chi connectivity index (χ3n) is 3.78. The number of nitrogens with zero attached hydrogens (tertiary/aromatic N) is 1. The summed E-state index contributed by atoms with van der Waals surface area (Å²) >= 11 is 0. The van der Waals surface area contributed by atoms with Crippen LogP contribution in [0.4, 0.5) is 24.7 Å². The van der Waals surface area contributed by atoms with Gasteiger partial charge in [-0.2, -0.15) is 13.2 Å². The summed E-state index contributed by atoms with van der Waals surface area (Å²) in [5, 5.41) is 5.59. The lowest BCUT2D eigenvalue weighted by atomic mass is 10.2. The molecule has 0 spiro atoms. The Morgan fingerprint density at radius 3 is 2.48 bits per heavy atom. The first kappa shape index (κ1) is 18.4. The van der Waals surface area contributed by atoms with Crippen LogP contribution < -0.4 is 10.6 Å². The second-order valence-electron chi connectivity index (χ2n) is 5.80. The summed E-state index contributed by atoms with van der Waals surface area (Å²) in [6, 6.07) is 17.3. The Morgan fingerprint density at radius 2 is 1.74 bits per heavy atom. The molecule has 0 bridgehead atoms. The number of carbonyl (C=O) groups excluding carboxylic acids is 1. The fourth-order valence-electron chi connectivity index (χ4n) is 2.44. The zero-order valence-electron chi connectivity index (χ0n) is 14.1. The number of amides is 1. The quantitative estimate of drug-likeness (QED) is 0.679. The number of hydrogen-bond donors (Lipinski definition) is 2. The number of hydrogen-bond acceptors (Lipinski definition) is 3. The average Bonchev–Trinajstić information content (AvgIpc) is 2.67. The molecule has 2 aromatic carbocycles. The van der Waals surface area contributed by atoms with Crippen LogP contribution in [0.5, 0.6) is 0 Å². The summed E-state index contributed by atoms with van der Waals surface area (Å²) in [5.74, 6) is -0.0185. The van der Waals surface area contributed by atoms with Crippen molar-refractivity contribution in [2.75, 3.05) is 5.32 Å². The molecule has 1 heterocycles. The predicted molar refractivity (Wildman–Crippen MR) is 96.6 cm³/mol. The lowest BCUT2D eigenvalue weighted by Gasteiger charge is -2.11. The molecular weight excluding hydrogens is 355 g/mol. The van der Waals surface area contributed by atoms with Crippen molar-refractivity contribution in [3.63, 3.8) is 0 Å². The van der Waals surface area contributed by atoms with Crippen molar-refractivity contribution in [2.45, 2.75) is 12.7 Å². The summed E-state index contributed by atoms with van der Waals surface area (Å²) in [4.78, 5) is 16.3. The van der Waals surface area contributed by atoms with Gasteiger partial charge in [-0.25, -0.2) is 4.98 Å². The number of benzene rings is 2. The van der Waals surface area contributed by atoms with Gasteiger partial charge >= 0.3 is 6.18 Å². The van der Waals surface area contributed by atoms with E-state index in [1.54, 1.807) is 0 Å². The molecule has 3 rings (SSSR count). The second-order valence-corrected chi connectivity index (χ2v) is 5.80.